The van der Waals surface area contributed by atoms with Gasteiger partial charge >= 0.3 is 0 Å². The molecule has 0 bridgehead atoms. The second-order valence-electron chi connectivity index (χ2n) is 5.10. The second kappa shape index (κ2) is 6.44. The van der Waals surface area contributed by atoms with E-state index in [9.17, 15) is 4.79 Å². The number of amides is 1. The molecule has 116 valence electrons. The van der Waals surface area contributed by atoms with Crippen molar-refractivity contribution in [3.8, 4) is 5.88 Å². The van der Waals surface area contributed by atoms with Gasteiger partial charge in [-0.3, -0.25) is 4.79 Å². The molecule has 1 saturated heterocycles. The highest BCUT2D eigenvalue weighted by molar-refractivity contribution is 7.99. The Balaban J connectivity index is 1.91. The Kier molecular flexibility index (Phi) is 4.38. The number of rotatable bonds is 3. The summed E-state index contributed by atoms with van der Waals surface area (Å²) >= 11 is 1.83. The summed E-state index contributed by atoms with van der Waals surface area (Å²) in [5.41, 5.74) is 0.491. The average molecular weight is 318 g/mol. The molecule has 1 aliphatic heterocycles. The van der Waals surface area contributed by atoms with Gasteiger partial charge in [0, 0.05) is 24.2 Å². The lowest BCUT2D eigenvalue weighted by atomic mass is 10.1. The fourth-order valence-corrected chi connectivity index (χ4v) is 3.65. The van der Waals surface area contributed by atoms with E-state index in [0.717, 1.165) is 23.0 Å². The second-order valence-corrected chi connectivity index (χ2v) is 6.25. The van der Waals surface area contributed by atoms with Crippen molar-refractivity contribution in [2.24, 2.45) is 0 Å². The Morgan fingerprint density at radius 1 is 1.45 bits per heavy atom. The lowest BCUT2D eigenvalue weighted by molar-refractivity contribution is 0.0677. The molecule has 1 atom stereocenters. The molecule has 1 aliphatic rings. The topological polar surface area (TPSA) is 55.6 Å². The molecule has 0 N–H and O–H groups in total. The minimum atomic E-state index is -0.0655. The Hall–Kier alpha value is -1.95. The summed E-state index contributed by atoms with van der Waals surface area (Å²) in [6.07, 6.45) is 1.62. The van der Waals surface area contributed by atoms with E-state index in [4.69, 9.17) is 9.15 Å². The van der Waals surface area contributed by atoms with E-state index in [1.54, 1.807) is 18.3 Å². The Morgan fingerprint density at radius 2 is 2.32 bits per heavy atom. The first-order valence-electron chi connectivity index (χ1n) is 7.14. The van der Waals surface area contributed by atoms with Crippen molar-refractivity contribution < 1.29 is 13.9 Å². The molecule has 2 aromatic rings. The molecule has 22 heavy (non-hydrogen) atoms. The van der Waals surface area contributed by atoms with Crippen LogP contribution in [0.2, 0.25) is 0 Å². The van der Waals surface area contributed by atoms with Crippen LogP contribution in [0.5, 0.6) is 5.88 Å². The van der Waals surface area contributed by atoms with Crippen LogP contribution in [-0.4, -0.2) is 41.0 Å². The SMILES string of the molecule is COc1ncccc1C(=O)N1CCSC[C@H]1c1ccc(C)o1. The maximum Gasteiger partial charge on any atom is 0.260 e. The van der Waals surface area contributed by atoms with Crippen LogP contribution in [0.15, 0.2) is 34.9 Å². The zero-order valence-corrected chi connectivity index (χ0v) is 13.4. The summed E-state index contributed by atoms with van der Waals surface area (Å²) in [4.78, 5) is 18.9. The predicted octanol–water partition coefficient (Wildman–Crippen LogP) is 2.92. The summed E-state index contributed by atoms with van der Waals surface area (Å²) in [6.45, 7) is 2.60. The average Bonchev–Trinajstić information content (AvgIpc) is 3.00. The summed E-state index contributed by atoms with van der Waals surface area (Å²) in [6, 6.07) is 7.33. The maximum absolute atomic E-state index is 12.9. The van der Waals surface area contributed by atoms with Gasteiger partial charge in [0.15, 0.2) is 0 Å². The lowest BCUT2D eigenvalue weighted by Gasteiger charge is -2.34. The van der Waals surface area contributed by atoms with Gasteiger partial charge in [0.1, 0.15) is 17.1 Å². The van der Waals surface area contributed by atoms with Gasteiger partial charge < -0.3 is 14.1 Å². The van der Waals surface area contributed by atoms with Crippen LogP contribution in [0.25, 0.3) is 0 Å². The van der Waals surface area contributed by atoms with E-state index in [0.29, 0.717) is 18.0 Å². The number of ether oxygens (including phenoxy) is 1. The highest BCUT2D eigenvalue weighted by Crippen LogP contribution is 2.32. The van der Waals surface area contributed by atoms with E-state index in [1.807, 2.05) is 35.7 Å². The van der Waals surface area contributed by atoms with Crippen LogP contribution in [0.4, 0.5) is 0 Å². The highest BCUT2D eigenvalue weighted by atomic mass is 32.2. The molecule has 0 unspecified atom stereocenters. The Bertz CT molecular complexity index is 671. The molecule has 1 amide bonds. The molecule has 0 saturated carbocycles. The first-order chi connectivity index (χ1) is 10.7. The van der Waals surface area contributed by atoms with Crippen LogP contribution in [0, 0.1) is 6.92 Å². The van der Waals surface area contributed by atoms with Crippen molar-refractivity contribution in [1.82, 2.24) is 9.88 Å². The molecule has 3 heterocycles. The van der Waals surface area contributed by atoms with E-state index in [1.165, 1.54) is 7.11 Å². The number of hydrogen-bond donors (Lipinski definition) is 0. The van der Waals surface area contributed by atoms with Crippen LogP contribution in [-0.2, 0) is 0 Å². The Labute approximate surface area is 133 Å². The number of aromatic nitrogens is 1. The van der Waals surface area contributed by atoms with Crippen molar-refractivity contribution in [3.63, 3.8) is 0 Å². The van der Waals surface area contributed by atoms with E-state index < -0.39 is 0 Å². The monoisotopic (exact) mass is 318 g/mol. The quantitative estimate of drug-likeness (QED) is 0.871. The number of furan rings is 1. The van der Waals surface area contributed by atoms with Crippen molar-refractivity contribution in [2.75, 3.05) is 25.2 Å². The van der Waals surface area contributed by atoms with Crippen molar-refractivity contribution in [3.05, 3.63) is 47.5 Å². The number of carbonyl (C=O) groups excluding carboxylic acids is 1. The molecule has 3 rings (SSSR count). The fourth-order valence-electron chi connectivity index (χ4n) is 2.59. The standard InChI is InChI=1S/C16H18N2O3S/c1-11-5-6-14(21-11)13-10-22-9-8-18(13)16(19)12-4-3-7-17-15(12)20-2/h3-7,13H,8-10H2,1-2H3/t13-/m0/s1. The van der Waals surface area contributed by atoms with Gasteiger partial charge in [-0.2, -0.15) is 11.8 Å². The van der Waals surface area contributed by atoms with Gasteiger partial charge in [0.2, 0.25) is 5.88 Å². The molecule has 5 nitrogen and oxygen atoms in total. The third-order valence-electron chi connectivity index (χ3n) is 3.67. The number of carbonyl (C=O) groups is 1. The molecular formula is C16H18N2O3S. The molecule has 0 radical (unpaired) electrons. The smallest absolute Gasteiger partial charge is 0.260 e. The zero-order valence-electron chi connectivity index (χ0n) is 12.6. The Morgan fingerprint density at radius 3 is 3.05 bits per heavy atom. The molecule has 0 aliphatic carbocycles. The summed E-state index contributed by atoms with van der Waals surface area (Å²) in [5, 5.41) is 0. The van der Waals surface area contributed by atoms with Crippen LogP contribution >= 0.6 is 11.8 Å². The fraction of sp³-hybridized carbons (Fsp3) is 0.375. The number of aryl methyl sites for hydroxylation is 1. The molecule has 6 heteroatoms. The number of hydrogen-bond acceptors (Lipinski definition) is 5. The van der Waals surface area contributed by atoms with Gasteiger partial charge in [0.05, 0.1) is 13.2 Å². The highest BCUT2D eigenvalue weighted by Gasteiger charge is 2.32. The normalized spacial score (nSPS) is 18.3. The van der Waals surface area contributed by atoms with E-state index in [2.05, 4.69) is 4.98 Å². The van der Waals surface area contributed by atoms with Crippen LogP contribution in [0.3, 0.4) is 0 Å². The van der Waals surface area contributed by atoms with Crippen molar-refractivity contribution in [2.45, 2.75) is 13.0 Å². The van der Waals surface area contributed by atoms with Gasteiger partial charge in [-0.15, -0.1) is 0 Å². The molecule has 1 fully saturated rings. The molecule has 0 spiro atoms. The predicted molar refractivity (Wildman–Crippen MR) is 85.3 cm³/mol. The van der Waals surface area contributed by atoms with Crippen LogP contribution in [0.1, 0.15) is 27.9 Å². The summed E-state index contributed by atoms with van der Waals surface area (Å²) in [5.74, 6) is 3.74. The minimum Gasteiger partial charge on any atom is -0.480 e. The van der Waals surface area contributed by atoms with Gasteiger partial charge in [-0.25, -0.2) is 4.98 Å². The van der Waals surface area contributed by atoms with Crippen LogP contribution < -0.4 is 4.74 Å². The molecular weight excluding hydrogens is 300 g/mol. The zero-order chi connectivity index (χ0) is 15.5. The van der Waals surface area contributed by atoms with Gasteiger partial charge in [0.25, 0.3) is 5.91 Å². The van der Waals surface area contributed by atoms with E-state index in [-0.39, 0.29) is 11.9 Å². The van der Waals surface area contributed by atoms with E-state index >= 15 is 0 Å². The summed E-state index contributed by atoms with van der Waals surface area (Å²) < 4.78 is 11.0. The maximum atomic E-state index is 12.9. The minimum absolute atomic E-state index is 0.0511. The number of methoxy groups -OCH3 is 1. The third kappa shape index (κ3) is 2.83. The van der Waals surface area contributed by atoms with Crippen molar-refractivity contribution in [1.29, 1.82) is 0 Å². The first-order valence-corrected chi connectivity index (χ1v) is 8.30. The lowest BCUT2D eigenvalue weighted by Crippen LogP contribution is -2.40. The number of thioether (sulfide) groups is 1. The van der Waals surface area contributed by atoms with Gasteiger partial charge in [-0.1, -0.05) is 0 Å². The number of nitrogens with zero attached hydrogens (tertiary/aromatic N) is 2. The largest absolute Gasteiger partial charge is 0.480 e. The van der Waals surface area contributed by atoms with Gasteiger partial charge in [-0.05, 0) is 31.2 Å². The summed E-state index contributed by atoms with van der Waals surface area (Å²) in [7, 11) is 1.53. The third-order valence-corrected chi connectivity index (χ3v) is 4.70. The molecule has 2 aromatic heterocycles. The van der Waals surface area contributed by atoms with Crippen molar-refractivity contribution >= 4 is 17.7 Å². The number of pyridine rings is 1. The molecule has 0 aromatic carbocycles. The first kappa shape index (κ1) is 15.0.